The van der Waals surface area contributed by atoms with E-state index in [1.54, 1.807) is 0 Å². The average Bonchev–Trinajstić information content (AvgIpc) is 2.38. The van der Waals surface area contributed by atoms with Crippen molar-refractivity contribution >= 4 is 30.7 Å². The summed E-state index contributed by atoms with van der Waals surface area (Å²) in [6, 6.07) is 0. The third-order valence-corrected chi connectivity index (χ3v) is 3.22. The van der Waals surface area contributed by atoms with Gasteiger partial charge < -0.3 is 15.0 Å². The third-order valence-electron chi connectivity index (χ3n) is 3.22. The normalized spacial score (nSPS) is 20.8. The highest BCUT2D eigenvalue weighted by molar-refractivity contribution is 5.85. The molecule has 0 radical (unpaired) electrons. The zero-order chi connectivity index (χ0) is 11.2. The van der Waals surface area contributed by atoms with Gasteiger partial charge in [0.05, 0.1) is 13.2 Å². The summed E-state index contributed by atoms with van der Waals surface area (Å²) in [4.78, 5) is 16.2. The molecule has 0 aromatic heterocycles. The zero-order valence-corrected chi connectivity index (χ0v) is 12.2. The number of carbonyl (C=O) groups excluding carboxylic acids is 1. The molecule has 1 amide bonds. The summed E-state index contributed by atoms with van der Waals surface area (Å²) < 4.78 is 5.28. The standard InChI is InChI=1S/C11H21N3O2.2ClH/c15-11(14-5-2-12-3-6-14)1-4-13-7-9-16-10-8-13;;/h12H,1-10H2;2*1H. The van der Waals surface area contributed by atoms with Gasteiger partial charge in [0.25, 0.3) is 0 Å². The van der Waals surface area contributed by atoms with Crippen LogP contribution in [0, 0.1) is 0 Å². The average molecular weight is 300 g/mol. The highest BCUT2D eigenvalue weighted by Gasteiger charge is 2.17. The topological polar surface area (TPSA) is 44.8 Å². The fourth-order valence-electron chi connectivity index (χ4n) is 2.15. The van der Waals surface area contributed by atoms with E-state index < -0.39 is 0 Å². The number of carbonyl (C=O) groups is 1. The molecule has 5 nitrogen and oxygen atoms in total. The lowest BCUT2D eigenvalue weighted by Gasteiger charge is -2.30. The Balaban J connectivity index is 0.00000144. The second-order valence-electron chi connectivity index (χ2n) is 4.33. The third kappa shape index (κ3) is 5.71. The quantitative estimate of drug-likeness (QED) is 0.796. The number of hydrogen-bond donors (Lipinski definition) is 1. The van der Waals surface area contributed by atoms with Crippen LogP contribution in [0.1, 0.15) is 6.42 Å². The Morgan fingerprint density at radius 1 is 1.06 bits per heavy atom. The molecular formula is C11H23Cl2N3O2. The van der Waals surface area contributed by atoms with Crippen LogP contribution >= 0.6 is 24.8 Å². The van der Waals surface area contributed by atoms with Gasteiger partial charge in [0.2, 0.25) is 5.91 Å². The van der Waals surface area contributed by atoms with Gasteiger partial charge in [-0.25, -0.2) is 0 Å². The Morgan fingerprint density at radius 2 is 1.67 bits per heavy atom. The molecule has 0 aromatic carbocycles. The zero-order valence-electron chi connectivity index (χ0n) is 10.6. The van der Waals surface area contributed by atoms with Gasteiger partial charge in [-0.15, -0.1) is 24.8 Å². The van der Waals surface area contributed by atoms with E-state index in [2.05, 4.69) is 10.2 Å². The van der Waals surface area contributed by atoms with Crippen molar-refractivity contribution in [3.8, 4) is 0 Å². The smallest absolute Gasteiger partial charge is 0.223 e. The van der Waals surface area contributed by atoms with E-state index in [0.29, 0.717) is 12.3 Å². The van der Waals surface area contributed by atoms with E-state index in [1.165, 1.54) is 0 Å². The van der Waals surface area contributed by atoms with Crippen molar-refractivity contribution in [2.24, 2.45) is 0 Å². The Morgan fingerprint density at radius 3 is 2.28 bits per heavy atom. The van der Waals surface area contributed by atoms with Gasteiger partial charge in [-0.2, -0.15) is 0 Å². The number of piperazine rings is 1. The van der Waals surface area contributed by atoms with Crippen LogP contribution in [0.3, 0.4) is 0 Å². The Hall–Kier alpha value is -0.0700. The fourth-order valence-corrected chi connectivity index (χ4v) is 2.15. The Bertz CT molecular complexity index is 232. The second-order valence-corrected chi connectivity index (χ2v) is 4.33. The van der Waals surface area contributed by atoms with Crippen LogP contribution in [0.2, 0.25) is 0 Å². The summed E-state index contributed by atoms with van der Waals surface area (Å²) >= 11 is 0. The van der Waals surface area contributed by atoms with Crippen molar-refractivity contribution in [1.29, 1.82) is 0 Å². The van der Waals surface area contributed by atoms with Gasteiger partial charge in [-0.1, -0.05) is 0 Å². The van der Waals surface area contributed by atoms with E-state index in [9.17, 15) is 4.79 Å². The molecular weight excluding hydrogens is 277 g/mol. The van der Waals surface area contributed by atoms with Crippen molar-refractivity contribution in [2.75, 3.05) is 59.0 Å². The van der Waals surface area contributed by atoms with Crippen LogP contribution in [0.25, 0.3) is 0 Å². The van der Waals surface area contributed by atoms with Crippen LogP contribution in [0.15, 0.2) is 0 Å². The molecule has 2 aliphatic rings. The van der Waals surface area contributed by atoms with Gasteiger partial charge in [-0.3, -0.25) is 9.69 Å². The van der Waals surface area contributed by atoms with Crippen molar-refractivity contribution in [3.05, 3.63) is 0 Å². The van der Waals surface area contributed by atoms with E-state index >= 15 is 0 Å². The number of amides is 1. The summed E-state index contributed by atoms with van der Waals surface area (Å²) in [5.41, 5.74) is 0. The lowest BCUT2D eigenvalue weighted by atomic mass is 10.3. The van der Waals surface area contributed by atoms with Crippen molar-refractivity contribution < 1.29 is 9.53 Å². The summed E-state index contributed by atoms with van der Waals surface area (Å²) in [7, 11) is 0. The first-order valence-corrected chi connectivity index (χ1v) is 6.15. The van der Waals surface area contributed by atoms with Gasteiger partial charge in [0.1, 0.15) is 0 Å². The predicted octanol–water partition coefficient (Wildman–Crippen LogP) is -0.0159. The predicted molar refractivity (Wildman–Crippen MR) is 75.8 cm³/mol. The van der Waals surface area contributed by atoms with Gasteiger partial charge in [0.15, 0.2) is 0 Å². The summed E-state index contributed by atoms with van der Waals surface area (Å²) in [6.07, 6.45) is 0.653. The highest BCUT2D eigenvalue weighted by atomic mass is 35.5. The number of morpholine rings is 1. The molecule has 108 valence electrons. The molecule has 0 aromatic rings. The van der Waals surface area contributed by atoms with E-state index in [1.807, 2.05) is 4.90 Å². The van der Waals surface area contributed by atoms with Gasteiger partial charge in [-0.05, 0) is 0 Å². The van der Waals surface area contributed by atoms with E-state index in [4.69, 9.17) is 4.74 Å². The molecule has 2 aliphatic heterocycles. The van der Waals surface area contributed by atoms with E-state index in [0.717, 1.165) is 59.0 Å². The first-order chi connectivity index (χ1) is 7.86. The molecule has 0 spiro atoms. The lowest BCUT2D eigenvalue weighted by molar-refractivity contribution is -0.132. The van der Waals surface area contributed by atoms with Crippen molar-refractivity contribution in [3.63, 3.8) is 0 Å². The Kier molecular flexibility index (Phi) is 9.77. The maximum atomic E-state index is 11.9. The molecule has 18 heavy (non-hydrogen) atoms. The van der Waals surface area contributed by atoms with Crippen LogP contribution in [0.5, 0.6) is 0 Å². The number of rotatable bonds is 3. The summed E-state index contributed by atoms with van der Waals surface area (Å²) in [5.74, 6) is 0.299. The summed E-state index contributed by atoms with van der Waals surface area (Å²) in [6.45, 7) is 8.02. The minimum Gasteiger partial charge on any atom is -0.379 e. The molecule has 2 rings (SSSR count). The summed E-state index contributed by atoms with van der Waals surface area (Å²) in [5, 5.41) is 3.25. The molecule has 0 atom stereocenters. The molecule has 0 unspecified atom stereocenters. The molecule has 2 saturated heterocycles. The minimum absolute atomic E-state index is 0. The first-order valence-electron chi connectivity index (χ1n) is 6.15. The number of ether oxygens (including phenoxy) is 1. The van der Waals surface area contributed by atoms with Crippen LogP contribution in [0.4, 0.5) is 0 Å². The molecule has 2 fully saturated rings. The number of nitrogens with zero attached hydrogens (tertiary/aromatic N) is 2. The van der Waals surface area contributed by atoms with Crippen molar-refractivity contribution in [1.82, 2.24) is 15.1 Å². The van der Waals surface area contributed by atoms with Crippen LogP contribution in [-0.2, 0) is 9.53 Å². The lowest BCUT2D eigenvalue weighted by Crippen LogP contribution is -2.47. The monoisotopic (exact) mass is 299 g/mol. The SMILES string of the molecule is Cl.Cl.O=C(CCN1CCOCC1)N1CCNCC1. The first kappa shape index (κ1) is 17.9. The van der Waals surface area contributed by atoms with Crippen LogP contribution < -0.4 is 5.32 Å². The minimum atomic E-state index is 0. The molecule has 0 aliphatic carbocycles. The molecule has 0 saturated carbocycles. The van der Waals surface area contributed by atoms with Crippen molar-refractivity contribution in [2.45, 2.75) is 6.42 Å². The largest absolute Gasteiger partial charge is 0.379 e. The maximum absolute atomic E-state index is 11.9. The highest BCUT2D eigenvalue weighted by Crippen LogP contribution is 2.01. The molecule has 2 heterocycles. The molecule has 7 heteroatoms. The van der Waals surface area contributed by atoms with E-state index in [-0.39, 0.29) is 24.8 Å². The Labute approximate surface area is 121 Å². The number of halogens is 2. The van der Waals surface area contributed by atoms with Gasteiger partial charge >= 0.3 is 0 Å². The molecule has 1 N–H and O–H groups in total. The van der Waals surface area contributed by atoms with Gasteiger partial charge in [0, 0.05) is 52.2 Å². The number of hydrogen-bond acceptors (Lipinski definition) is 4. The maximum Gasteiger partial charge on any atom is 0.223 e. The second kappa shape index (κ2) is 9.81. The number of nitrogens with one attached hydrogen (secondary N) is 1. The fraction of sp³-hybridized carbons (Fsp3) is 0.909. The molecule has 0 bridgehead atoms. The van der Waals surface area contributed by atoms with Crippen LogP contribution in [-0.4, -0.2) is 74.7 Å².